The Bertz CT molecular complexity index is 3040. The maximum Gasteiger partial charge on any atom is 0.179 e. The van der Waals surface area contributed by atoms with Gasteiger partial charge in [0.15, 0.2) is 8.07 Å². The lowest BCUT2D eigenvalue weighted by Gasteiger charge is -2.50. The fourth-order valence-electron chi connectivity index (χ4n) is 11.9. The minimum absolute atomic E-state index is 0.0263. The Balaban J connectivity index is 1.13. The second-order valence-electron chi connectivity index (χ2n) is 17.9. The van der Waals surface area contributed by atoms with Crippen LogP contribution < -0.4 is 30.4 Å². The van der Waals surface area contributed by atoms with Gasteiger partial charge in [-0.15, -0.1) is 0 Å². The molecule has 9 aromatic rings. The van der Waals surface area contributed by atoms with Gasteiger partial charge in [-0.3, -0.25) is 0 Å². The molecule has 8 aromatic carbocycles. The highest BCUT2D eigenvalue weighted by Crippen LogP contribution is 2.61. The lowest BCUT2D eigenvalue weighted by atomic mass is 9.61. The van der Waals surface area contributed by atoms with Crippen molar-refractivity contribution in [2.45, 2.75) is 57.1 Å². The number of benzene rings is 8. The van der Waals surface area contributed by atoms with E-state index in [1.54, 1.807) is 0 Å². The molecule has 3 heterocycles. The first-order chi connectivity index (χ1) is 30.0. The van der Waals surface area contributed by atoms with E-state index in [4.69, 9.17) is 4.74 Å². The van der Waals surface area contributed by atoms with Crippen LogP contribution in [-0.2, 0) is 12.0 Å². The number of fused-ring (bicyclic) bond motifs is 9. The van der Waals surface area contributed by atoms with Gasteiger partial charge in [-0.2, -0.15) is 0 Å². The molecule has 1 fully saturated rings. The first-order valence-corrected chi connectivity index (χ1v) is 24.0. The molecule has 1 aliphatic carbocycles. The third-order valence-electron chi connectivity index (χ3n) is 15.0. The molecule has 296 valence electrons. The Labute approximate surface area is 359 Å². The van der Waals surface area contributed by atoms with Gasteiger partial charge in [0.05, 0.1) is 16.6 Å². The fourth-order valence-corrected chi connectivity index (χ4v) is 16.7. The second-order valence-corrected chi connectivity index (χ2v) is 21.7. The Kier molecular flexibility index (Phi) is 8.14. The third kappa shape index (κ3) is 5.15. The summed E-state index contributed by atoms with van der Waals surface area (Å²) in [6.07, 6.45) is 4.90. The SMILES string of the molecule is CC12CCCCC1(C)N(c1ccc3c(c1)c1cc4c(cc1n3-c1cccc([Si](c3ccccc3)(c3ccccc3)c3ccccc3)c1)OCc1ccccc1-4)c1ccccc12. The summed E-state index contributed by atoms with van der Waals surface area (Å²) in [5, 5.41) is 7.95. The fraction of sp³-hybridized carbons (Fsp3) is 0.158. The van der Waals surface area contributed by atoms with Gasteiger partial charge in [-0.1, -0.05) is 165 Å². The summed E-state index contributed by atoms with van der Waals surface area (Å²) >= 11 is 0. The third-order valence-corrected chi connectivity index (χ3v) is 19.7. The van der Waals surface area contributed by atoms with Gasteiger partial charge in [0.25, 0.3) is 0 Å². The van der Waals surface area contributed by atoms with E-state index in [1.807, 2.05) is 0 Å². The van der Waals surface area contributed by atoms with Gasteiger partial charge in [0, 0.05) is 44.9 Å². The van der Waals surface area contributed by atoms with Crippen LogP contribution in [0.15, 0.2) is 194 Å². The highest BCUT2D eigenvalue weighted by Gasteiger charge is 2.57. The van der Waals surface area contributed by atoms with Crippen LogP contribution in [0.25, 0.3) is 38.6 Å². The van der Waals surface area contributed by atoms with E-state index in [-0.39, 0.29) is 11.0 Å². The molecule has 0 bridgehead atoms. The Morgan fingerprint density at radius 3 is 1.85 bits per heavy atom. The molecule has 0 saturated heterocycles. The van der Waals surface area contributed by atoms with E-state index in [0.29, 0.717) is 6.61 Å². The molecule has 0 spiro atoms. The summed E-state index contributed by atoms with van der Waals surface area (Å²) in [5.74, 6) is 0.937. The summed E-state index contributed by atoms with van der Waals surface area (Å²) < 4.78 is 9.12. The van der Waals surface area contributed by atoms with Gasteiger partial charge in [-0.25, -0.2) is 0 Å². The Morgan fingerprint density at radius 1 is 0.492 bits per heavy atom. The van der Waals surface area contributed by atoms with Crippen molar-refractivity contribution in [3.8, 4) is 22.6 Å². The van der Waals surface area contributed by atoms with Crippen molar-refractivity contribution >= 4 is 62.0 Å². The molecule has 2 aliphatic heterocycles. The van der Waals surface area contributed by atoms with E-state index in [1.165, 1.54) is 90.8 Å². The Hall–Kier alpha value is -6.62. The van der Waals surface area contributed by atoms with E-state index in [0.717, 1.165) is 22.5 Å². The second kappa shape index (κ2) is 13.7. The summed E-state index contributed by atoms with van der Waals surface area (Å²) in [4.78, 5) is 2.71. The standard InChI is InChI=1S/C57H48N2OSi/c1-56-33-16-17-34-57(56,2)59(53-30-15-14-29-51(53)56)42-31-32-52-48(36-42)49-37-50-47-28-13-12-19-40(47)39-60-55(50)38-54(49)58(52)41-20-18-27-46(35-41)61(43-21-6-3-7-22-43,44-23-8-4-9-24-44)45-25-10-5-11-26-45/h3-15,18-32,35-38H,16-17,33-34,39H2,1-2H3. The number of aromatic nitrogens is 1. The highest BCUT2D eigenvalue weighted by molar-refractivity contribution is 7.19. The normalized spacial score (nSPS) is 19.2. The number of hydrogen-bond donors (Lipinski definition) is 0. The molecule has 1 saturated carbocycles. The first kappa shape index (κ1) is 36.2. The monoisotopic (exact) mass is 804 g/mol. The van der Waals surface area contributed by atoms with Crippen LogP contribution >= 0.6 is 0 Å². The summed E-state index contributed by atoms with van der Waals surface area (Å²) in [5.41, 5.74) is 11.3. The number of rotatable bonds is 6. The van der Waals surface area contributed by atoms with Crippen molar-refractivity contribution < 1.29 is 4.74 Å². The molecule has 0 amide bonds. The van der Waals surface area contributed by atoms with Gasteiger partial charge in [-0.05, 0) is 99.7 Å². The minimum Gasteiger partial charge on any atom is -0.488 e. The minimum atomic E-state index is -2.78. The zero-order chi connectivity index (χ0) is 40.8. The number of para-hydroxylation sites is 1. The van der Waals surface area contributed by atoms with E-state index in [9.17, 15) is 0 Å². The molecule has 12 rings (SSSR count). The highest BCUT2D eigenvalue weighted by atomic mass is 28.3. The molecule has 1 aromatic heterocycles. The topological polar surface area (TPSA) is 17.4 Å². The van der Waals surface area contributed by atoms with Crippen molar-refractivity contribution in [3.63, 3.8) is 0 Å². The predicted octanol–water partition coefficient (Wildman–Crippen LogP) is 11.5. The average molecular weight is 805 g/mol. The number of hydrogen-bond acceptors (Lipinski definition) is 2. The van der Waals surface area contributed by atoms with E-state index < -0.39 is 8.07 Å². The van der Waals surface area contributed by atoms with Crippen molar-refractivity contribution in [1.82, 2.24) is 4.57 Å². The summed E-state index contributed by atoms with van der Waals surface area (Å²) in [6, 6.07) is 73.1. The lowest BCUT2D eigenvalue weighted by molar-refractivity contribution is 0.195. The molecular weight excluding hydrogens is 757 g/mol. The van der Waals surface area contributed by atoms with Crippen LogP contribution in [0.2, 0.25) is 0 Å². The van der Waals surface area contributed by atoms with E-state index in [2.05, 4.69) is 217 Å². The molecule has 2 atom stereocenters. The molecular formula is C57H48N2OSi. The number of nitrogens with zero attached hydrogens (tertiary/aromatic N) is 2. The average Bonchev–Trinajstić information content (AvgIpc) is 3.74. The quantitative estimate of drug-likeness (QED) is 0.123. The first-order valence-electron chi connectivity index (χ1n) is 22.0. The smallest absolute Gasteiger partial charge is 0.179 e. The Morgan fingerprint density at radius 2 is 1.11 bits per heavy atom. The lowest BCUT2D eigenvalue weighted by Crippen LogP contribution is -2.74. The molecule has 3 aliphatic rings. The van der Waals surface area contributed by atoms with Crippen LogP contribution in [0.3, 0.4) is 0 Å². The van der Waals surface area contributed by atoms with Gasteiger partial charge in [0.1, 0.15) is 12.4 Å². The van der Waals surface area contributed by atoms with Gasteiger partial charge >= 0.3 is 0 Å². The molecule has 3 nitrogen and oxygen atoms in total. The number of anilines is 2. The largest absolute Gasteiger partial charge is 0.488 e. The van der Waals surface area contributed by atoms with Crippen LogP contribution in [0, 0.1) is 0 Å². The van der Waals surface area contributed by atoms with Crippen molar-refractivity contribution in [2.24, 2.45) is 0 Å². The van der Waals surface area contributed by atoms with E-state index >= 15 is 0 Å². The zero-order valence-electron chi connectivity index (χ0n) is 34.8. The van der Waals surface area contributed by atoms with Crippen molar-refractivity contribution in [2.75, 3.05) is 4.90 Å². The zero-order valence-corrected chi connectivity index (χ0v) is 35.8. The molecule has 61 heavy (non-hydrogen) atoms. The van der Waals surface area contributed by atoms with Gasteiger partial charge < -0.3 is 14.2 Å². The van der Waals surface area contributed by atoms with Crippen LogP contribution in [0.4, 0.5) is 11.4 Å². The van der Waals surface area contributed by atoms with Crippen LogP contribution in [-0.4, -0.2) is 18.2 Å². The predicted molar refractivity (Wildman–Crippen MR) is 257 cm³/mol. The molecule has 4 heteroatoms. The summed E-state index contributed by atoms with van der Waals surface area (Å²) in [7, 11) is -2.78. The van der Waals surface area contributed by atoms with Gasteiger partial charge in [0.2, 0.25) is 0 Å². The van der Waals surface area contributed by atoms with Crippen LogP contribution in [0.5, 0.6) is 5.75 Å². The number of ether oxygens (including phenoxy) is 1. The summed E-state index contributed by atoms with van der Waals surface area (Å²) in [6.45, 7) is 5.62. The van der Waals surface area contributed by atoms with Crippen LogP contribution in [0.1, 0.15) is 50.7 Å². The molecule has 2 unspecified atom stereocenters. The molecule has 0 radical (unpaired) electrons. The maximum atomic E-state index is 6.61. The maximum absolute atomic E-state index is 6.61. The van der Waals surface area contributed by atoms with Crippen molar-refractivity contribution in [1.29, 1.82) is 0 Å². The molecule has 0 N–H and O–H groups in total. The van der Waals surface area contributed by atoms with Crippen molar-refractivity contribution in [3.05, 3.63) is 205 Å².